The lowest BCUT2D eigenvalue weighted by Crippen LogP contribution is -2.49. The Hall–Kier alpha value is -0.160. The lowest BCUT2D eigenvalue weighted by molar-refractivity contribution is 0.0865. The molecule has 2 aliphatic rings. The number of aliphatic hydroxyl groups is 1. The van der Waals surface area contributed by atoms with Crippen LogP contribution in [0.15, 0.2) is 0 Å². The normalized spacial score (nSPS) is 27.2. The standard InChI is InChI=1S/C14H29N3O/c1-2-16-8-5-14(6-9-16)17(10-11-18)12-13-4-3-7-15-13/h13-15,18H,2-12H2,1H3. The van der Waals surface area contributed by atoms with Crippen LogP contribution in [0.3, 0.4) is 0 Å². The fourth-order valence-electron chi connectivity index (χ4n) is 3.35. The van der Waals surface area contributed by atoms with Gasteiger partial charge in [0.1, 0.15) is 0 Å². The number of hydrogen-bond acceptors (Lipinski definition) is 4. The molecule has 2 saturated heterocycles. The highest BCUT2D eigenvalue weighted by Gasteiger charge is 2.26. The molecule has 0 aromatic carbocycles. The largest absolute Gasteiger partial charge is 0.395 e. The molecule has 0 radical (unpaired) electrons. The van der Waals surface area contributed by atoms with Gasteiger partial charge in [0.2, 0.25) is 0 Å². The second-order valence-corrected chi connectivity index (χ2v) is 5.68. The van der Waals surface area contributed by atoms with Crippen LogP contribution in [0.4, 0.5) is 0 Å². The maximum absolute atomic E-state index is 9.27. The van der Waals surface area contributed by atoms with E-state index in [1.54, 1.807) is 0 Å². The van der Waals surface area contributed by atoms with Gasteiger partial charge >= 0.3 is 0 Å². The average molecular weight is 255 g/mol. The van der Waals surface area contributed by atoms with Gasteiger partial charge < -0.3 is 15.3 Å². The van der Waals surface area contributed by atoms with Crippen molar-refractivity contribution in [1.82, 2.24) is 15.1 Å². The Labute approximate surface area is 111 Å². The molecule has 2 aliphatic heterocycles. The van der Waals surface area contributed by atoms with Crippen LogP contribution in [0.25, 0.3) is 0 Å². The molecule has 4 heteroatoms. The van der Waals surface area contributed by atoms with Crippen molar-refractivity contribution in [3.63, 3.8) is 0 Å². The Morgan fingerprint density at radius 3 is 2.61 bits per heavy atom. The molecule has 0 saturated carbocycles. The van der Waals surface area contributed by atoms with Gasteiger partial charge in [-0.3, -0.25) is 4.90 Å². The highest BCUT2D eigenvalue weighted by Crippen LogP contribution is 2.18. The minimum absolute atomic E-state index is 0.292. The Morgan fingerprint density at radius 1 is 1.28 bits per heavy atom. The summed E-state index contributed by atoms with van der Waals surface area (Å²) in [5.41, 5.74) is 0. The molecule has 106 valence electrons. The Balaban J connectivity index is 1.80. The minimum Gasteiger partial charge on any atom is -0.395 e. The van der Waals surface area contributed by atoms with Crippen molar-refractivity contribution >= 4 is 0 Å². The van der Waals surface area contributed by atoms with E-state index >= 15 is 0 Å². The van der Waals surface area contributed by atoms with E-state index in [4.69, 9.17) is 0 Å². The number of likely N-dealkylation sites (tertiary alicyclic amines) is 1. The topological polar surface area (TPSA) is 38.7 Å². The first-order valence-corrected chi connectivity index (χ1v) is 7.64. The molecule has 0 aromatic heterocycles. The van der Waals surface area contributed by atoms with Crippen LogP contribution < -0.4 is 5.32 Å². The molecular formula is C14H29N3O. The third kappa shape index (κ3) is 3.92. The molecule has 0 spiro atoms. The maximum Gasteiger partial charge on any atom is 0.0558 e. The molecule has 2 rings (SSSR count). The number of hydrogen-bond donors (Lipinski definition) is 2. The Kier molecular flexibility index (Phi) is 5.89. The molecule has 4 nitrogen and oxygen atoms in total. The monoisotopic (exact) mass is 255 g/mol. The van der Waals surface area contributed by atoms with Gasteiger partial charge in [-0.1, -0.05) is 6.92 Å². The van der Waals surface area contributed by atoms with Crippen LogP contribution in [-0.2, 0) is 0 Å². The van der Waals surface area contributed by atoms with Crippen molar-refractivity contribution in [3.8, 4) is 0 Å². The van der Waals surface area contributed by atoms with E-state index in [0.29, 0.717) is 18.7 Å². The molecule has 18 heavy (non-hydrogen) atoms. The van der Waals surface area contributed by atoms with Crippen LogP contribution in [-0.4, -0.2) is 72.9 Å². The molecule has 2 fully saturated rings. The van der Waals surface area contributed by atoms with Gasteiger partial charge in [0, 0.05) is 25.2 Å². The summed E-state index contributed by atoms with van der Waals surface area (Å²) in [7, 11) is 0. The summed E-state index contributed by atoms with van der Waals surface area (Å²) in [6.45, 7) is 9.30. The lowest BCUT2D eigenvalue weighted by atomic mass is 10.0. The van der Waals surface area contributed by atoms with Crippen molar-refractivity contribution < 1.29 is 5.11 Å². The molecule has 1 unspecified atom stereocenters. The first-order chi connectivity index (χ1) is 8.83. The van der Waals surface area contributed by atoms with Crippen LogP contribution in [0, 0.1) is 0 Å². The van der Waals surface area contributed by atoms with E-state index in [9.17, 15) is 5.11 Å². The van der Waals surface area contributed by atoms with Gasteiger partial charge in [-0.2, -0.15) is 0 Å². The first-order valence-electron chi connectivity index (χ1n) is 7.64. The fourth-order valence-corrected chi connectivity index (χ4v) is 3.35. The molecule has 1 atom stereocenters. The Morgan fingerprint density at radius 2 is 2.06 bits per heavy atom. The van der Waals surface area contributed by atoms with E-state index in [1.807, 2.05) is 0 Å². The van der Waals surface area contributed by atoms with Gasteiger partial charge in [-0.25, -0.2) is 0 Å². The summed E-state index contributed by atoms with van der Waals surface area (Å²) in [4.78, 5) is 5.05. The number of piperidine rings is 1. The fraction of sp³-hybridized carbons (Fsp3) is 1.00. The van der Waals surface area contributed by atoms with Crippen LogP contribution in [0.5, 0.6) is 0 Å². The third-order valence-electron chi connectivity index (χ3n) is 4.53. The SMILES string of the molecule is CCN1CCC(N(CCO)CC2CCCN2)CC1. The van der Waals surface area contributed by atoms with E-state index in [0.717, 1.165) is 13.1 Å². The molecule has 0 amide bonds. The van der Waals surface area contributed by atoms with Gasteiger partial charge in [0.05, 0.1) is 6.61 Å². The first kappa shape index (κ1) is 14.3. The quantitative estimate of drug-likeness (QED) is 0.726. The summed E-state index contributed by atoms with van der Waals surface area (Å²) in [5.74, 6) is 0. The van der Waals surface area contributed by atoms with Crippen molar-refractivity contribution in [2.45, 2.75) is 44.7 Å². The van der Waals surface area contributed by atoms with Gasteiger partial charge in [-0.15, -0.1) is 0 Å². The molecule has 2 N–H and O–H groups in total. The molecular weight excluding hydrogens is 226 g/mol. The van der Waals surface area contributed by atoms with Crippen molar-refractivity contribution in [2.24, 2.45) is 0 Å². The zero-order chi connectivity index (χ0) is 12.8. The highest BCUT2D eigenvalue weighted by atomic mass is 16.3. The summed E-state index contributed by atoms with van der Waals surface area (Å²) in [6.07, 6.45) is 5.14. The number of rotatable bonds is 6. The lowest BCUT2D eigenvalue weighted by Gasteiger charge is -2.39. The summed E-state index contributed by atoms with van der Waals surface area (Å²) in [5, 5.41) is 12.8. The van der Waals surface area contributed by atoms with Gasteiger partial charge in [0.25, 0.3) is 0 Å². The van der Waals surface area contributed by atoms with Crippen molar-refractivity contribution in [3.05, 3.63) is 0 Å². The van der Waals surface area contributed by atoms with E-state index in [-0.39, 0.29) is 0 Å². The second kappa shape index (κ2) is 7.43. The van der Waals surface area contributed by atoms with Crippen molar-refractivity contribution in [2.75, 3.05) is 45.9 Å². The summed E-state index contributed by atoms with van der Waals surface area (Å²) in [6, 6.07) is 1.34. The highest BCUT2D eigenvalue weighted by molar-refractivity contribution is 4.84. The van der Waals surface area contributed by atoms with Crippen LogP contribution >= 0.6 is 0 Å². The molecule has 0 bridgehead atoms. The average Bonchev–Trinajstić information content (AvgIpc) is 2.91. The molecule has 2 heterocycles. The molecule has 0 aliphatic carbocycles. The van der Waals surface area contributed by atoms with Crippen LogP contribution in [0.1, 0.15) is 32.6 Å². The number of nitrogens with zero attached hydrogens (tertiary/aromatic N) is 2. The predicted molar refractivity (Wildman–Crippen MR) is 74.8 cm³/mol. The zero-order valence-corrected chi connectivity index (χ0v) is 11.8. The number of aliphatic hydroxyl groups excluding tert-OH is 1. The van der Waals surface area contributed by atoms with Gasteiger partial charge in [0.15, 0.2) is 0 Å². The summed E-state index contributed by atoms with van der Waals surface area (Å²) < 4.78 is 0. The minimum atomic E-state index is 0.292. The Bertz CT molecular complexity index is 223. The third-order valence-corrected chi connectivity index (χ3v) is 4.53. The van der Waals surface area contributed by atoms with E-state index in [1.165, 1.54) is 51.9 Å². The predicted octanol–water partition coefficient (Wildman–Crippen LogP) is 0.517. The summed E-state index contributed by atoms with van der Waals surface area (Å²) >= 11 is 0. The maximum atomic E-state index is 9.27. The van der Waals surface area contributed by atoms with Crippen LogP contribution in [0.2, 0.25) is 0 Å². The smallest absolute Gasteiger partial charge is 0.0558 e. The number of nitrogens with one attached hydrogen (secondary N) is 1. The second-order valence-electron chi connectivity index (χ2n) is 5.68. The van der Waals surface area contributed by atoms with E-state index < -0.39 is 0 Å². The zero-order valence-electron chi connectivity index (χ0n) is 11.8. The van der Waals surface area contributed by atoms with Gasteiger partial charge in [-0.05, 0) is 51.9 Å². The van der Waals surface area contributed by atoms with Crippen molar-refractivity contribution in [1.29, 1.82) is 0 Å². The van der Waals surface area contributed by atoms with E-state index in [2.05, 4.69) is 22.0 Å². The molecule has 0 aromatic rings.